The van der Waals surface area contributed by atoms with Crippen molar-refractivity contribution < 1.29 is 41.8 Å². The molecular weight excluding hydrogens is 670 g/mol. The fourth-order valence-electron chi connectivity index (χ4n) is 3.19. The van der Waals surface area contributed by atoms with Gasteiger partial charge in [-0.15, -0.1) is 23.2 Å². The number of hydrogen-bond donors (Lipinski definition) is 2. The molecule has 4 N–H and O–H groups in total. The number of nitrogens with one attached hydrogen (secondary N) is 2. The molecule has 45 heavy (non-hydrogen) atoms. The van der Waals surface area contributed by atoms with Gasteiger partial charge in [-0.05, 0) is 80.7 Å². The second kappa shape index (κ2) is 26.9. The third-order valence-corrected chi connectivity index (χ3v) is 5.53. The number of halogens is 2. The third kappa shape index (κ3) is 22.8. The van der Waals surface area contributed by atoms with E-state index in [0.29, 0.717) is 49.0 Å². The number of nitrogens with zero attached hydrogens (tertiary/aromatic N) is 6. The summed E-state index contributed by atoms with van der Waals surface area (Å²) in [5, 5.41) is 29.7. The van der Waals surface area contributed by atoms with Crippen LogP contribution >= 0.6 is 23.2 Å². The van der Waals surface area contributed by atoms with Crippen molar-refractivity contribution in [3.63, 3.8) is 0 Å². The van der Waals surface area contributed by atoms with E-state index in [1.54, 1.807) is 12.2 Å². The summed E-state index contributed by atoms with van der Waals surface area (Å²) in [6, 6.07) is 0. The quantitative estimate of drug-likeness (QED) is 0.120. The standard InChI is InChI=1S/2C14H24N4O2.CH2Cl2.Ni.H2O/c2*1-17(2)7-5-15-11-9-12(14(20)10-13(11)19)16-6-8-18(3)4;2-1-3;;/h2*9-10,15,20H,5-8H2,1-4H3;1H2;;1H2/q;;;+3;/p-2. The van der Waals surface area contributed by atoms with E-state index < -0.39 is 0 Å². The van der Waals surface area contributed by atoms with Gasteiger partial charge in [0, 0.05) is 39.3 Å². The van der Waals surface area contributed by atoms with Crippen LogP contribution in [0.15, 0.2) is 57.2 Å². The molecule has 0 bridgehead atoms. The smallest absolute Gasteiger partial charge is 0.871 e. The Morgan fingerprint density at radius 1 is 0.622 bits per heavy atom. The second-order valence-corrected chi connectivity index (χ2v) is 11.4. The van der Waals surface area contributed by atoms with Crippen molar-refractivity contribution in [2.75, 3.05) is 114 Å². The van der Waals surface area contributed by atoms with Crippen LogP contribution in [0.25, 0.3) is 0 Å². The fourth-order valence-corrected chi connectivity index (χ4v) is 3.19. The van der Waals surface area contributed by atoms with Crippen molar-refractivity contribution >= 4 is 46.2 Å². The first-order valence-electron chi connectivity index (χ1n) is 13.8. The van der Waals surface area contributed by atoms with Gasteiger partial charge in [0.15, 0.2) is 0 Å². The molecule has 1 radical (unpaired) electrons. The van der Waals surface area contributed by atoms with Crippen LogP contribution < -0.4 is 20.8 Å². The zero-order valence-electron chi connectivity index (χ0n) is 27.6. The summed E-state index contributed by atoms with van der Waals surface area (Å²) in [7, 11) is 15.6. The van der Waals surface area contributed by atoms with Crippen LogP contribution in [0.1, 0.15) is 0 Å². The van der Waals surface area contributed by atoms with Crippen LogP contribution in [0.2, 0.25) is 0 Å². The minimum Gasteiger partial charge on any atom is -0.871 e. The van der Waals surface area contributed by atoms with E-state index in [1.165, 1.54) is 0 Å². The number of hydrogen-bond acceptors (Lipinski definition) is 12. The molecule has 16 heteroatoms. The fraction of sp³-hybridized carbons (Fsp3) is 0.586. The Kier molecular flexibility index (Phi) is 28.2. The Labute approximate surface area is 288 Å². The zero-order chi connectivity index (χ0) is 32.9. The van der Waals surface area contributed by atoms with Crippen molar-refractivity contribution in [1.82, 2.24) is 30.2 Å². The molecule has 0 fully saturated rings. The number of alkyl halides is 2. The van der Waals surface area contributed by atoms with Crippen LogP contribution in [0, 0.1) is 0 Å². The Hall–Kier alpha value is -2.29. The zero-order valence-corrected chi connectivity index (χ0v) is 30.1. The number of allylic oxidation sites excluding steroid dienone is 4. The SMILES string of the molecule is CN(C)CCN=C1C=C(NCCN(C)C)C(=O)C=C1[O-].CN(C)CCN=C1C=C(NCCN(C)C)C(=O)C=C1[O-].ClCCl.O.[Ni+3]. The number of carbonyl (C=O) groups is 2. The molecule has 2 aliphatic carbocycles. The van der Waals surface area contributed by atoms with Crippen LogP contribution in [0.3, 0.4) is 0 Å². The molecule has 2 aliphatic rings. The van der Waals surface area contributed by atoms with Gasteiger partial charge in [0.2, 0.25) is 11.6 Å². The Morgan fingerprint density at radius 2 is 0.911 bits per heavy atom. The topological polar surface area (TPSA) is 174 Å². The van der Waals surface area contributed by atoms with Gasteiger partial charge in [-0.1, -0.05) is 11.5 Å². The molecule has 0 heterocycles. The van der Waals surface area contributed by atoms with Crippen molar-refractivity contribution in [2.24, 2.45) is 9.98 Å². The monoisotopic (exact) mass is 718 g/mol. The van der Waals surface area contributed by atoms with Gasteiger partial charge in [-0.25, -0.2) is 0 Å². The normalized spacial score (nSPS) is 16.1. The number of ketones is 2. The molecule has 0 unspecified atom stereocenters. The molecule has 0 atom stereocenters. The summed E-state index contributed by atoms with van der Waals surface area (Å²) in [6.45, 7) is 5.53. The maximum absolute atomic E-state index is 11.7. The molecule has 0 spiro atoms. The number of rotatable bonds is 14. The molecule has 0 amide bonds. The summed E-state index contributed by atoms with van der Waals surface area (Å²) in [6.07, 6.45) is 5.31. The Morgan fingerprint density at radius 3 is 1.18 bits per heavy atom. The number of carbonyl (C=O) groups excluding carboxylic acids is 2. The number of likely N-dealkylation sites (N-methyl/N-ethyl adjacent to an activating group) is 4. The van der Waals surface area contributed by atoms with Crippen molar-refractivity contribution in [3.05, 3.63) is 47.2 Å². The molecule has 0 aromatic heterocycles. The molecule has 0 aromatic carbocycles. The first-order valence-corrected chi connectivity index (χ1v) is 14.9. The van der Waals surface area contributed by atoms with Crippen molar-refractivity contribution in [3.8, 4) is 0 Å². The Balaban J connectivity index is -0.000000692. The number of aliphatic imine (C=N–C) groups is 2. The van der Waals surface area contributed by atoms with Gasteiger partial charge in [0.25, 0.3) is 0 Å². The molecule has 0 aromatic rings. The van der Waals surface area contributed by atoms with E-state index in [9.17, 15) is 19.8 Å². The predicted octanol–water partition coefficient (Wildman–Crippen LogP) is -1.70. The summed E-state index contributed by atoms with van der Waals surface area (Å²) in [4.78, 5) is 40.0. The third-order valence-electron chi connectivity index (χ3n) is 5.53. The van der Waals surface area contributed by atoms with Gasteiger partial charge < -0.3 is 45.9 Å². The summed E-state index contributed by atoms with van der Waals surface area (Å²) in [5.74, 6) is -1.18. The molecule has 2 rings (SSSR count). The van der Waals surface area contributed by atoms with E-state index in [-0.39, 0.29) is 50.4 Å². The van der Waals surface area contributed by atoms with Crippen LogP contribution in [-0.4, -0.2) is 162 Å². The van der Waals surface area contributed by atoms with Crippen LogP contribution in [-0.2, 0) is 26.1 Å². The summed E-state index contributed by atoms with van der Waals surface area (Å²) in [5.41, 5.74) is 1.57. The maximum atomic E-state index is 11.7. The molecule has 259 valence electrons. The first kappa shape index (κ1) is 47.1. The van der Waals surface area contributed by atoms with Crippen molar-refractivity contribution in [1.29, 1.82) is 0 Å². The molecular formula is C29H50Cl2N8NiO5+. The second-order valence-electron chi connectivity index (χ2n) is 10.6. The largest absolute Gasteiger partial charge is 3.00 e. The van der Waals surface area contributed by atoms with E-state index in [2.05, 4.69) is 20.6 Å². The van der Waals surface area contributed by atoms with Gasteiger partial charge in [0.05, 0.1) is 41.2 Å². The summed E-state index contributed by atoms with van der Waals surface area (Å²) >= 11 is 9.53. The average Bonchev–Trinajstić information content (AvgIpc) is 2.89. The van der Waals surface area contributed by atoms with Gasteiger partial charge in [-0.3, -0.25) is 19.6 Å². The first-order chi connectivity index (χ1) is 20.2. The minimum absolute atomic E-state index is 0. The minimum atomic E-state index is -0.313. The van der Waals surface area contributed by atoms with Crippen LogP contribution in [0.5, 0.6) is 0 Å². The van der Waals surface area contributed by atoms with Gasteiger partial charge in [-0.2, -0.15) is 0 Å². The molecule has 13 nitrogen and oxygen atoms in total. The van der Waals surface area contributed by atoms with Gasteiger partial charge in [0.1, 0.15) is 0 Å². The van der Waals surface area contributed by atoms with E-state index in [1.807, 2.05) is 76.0 Å². The Bertz CT molecular complexity index is 993. The predicted molar refractivity (Wildman–Crippen MR) is 177 cm³/mol. The maximum Gasteiger partial charge on any atom is 3.00 e. The molecule has 0 aliphatic heterocycles. The van der Waals surface area contributed by atoms with E-state index >= 15 is 0 Å². The summed E-state index contributed by atoms with van der Waals surface area (Å²) < 4.78 is 0. The van der Waals surface area contributed by atoms with E-state index in [4.69, 9.17) is 23.2 Å². The molecule has 0 saturated heterocycles. The van der Waals surface area contributed by atoms with Crippen LogP contribution in [0.4, 0.5) is 0 Å². The van der Waals surface area contributed by atoms with Gasteiger partial charge >= 0.3 is 16.5 Å². The van der Waals surface area contributed by atoms with Crippen molar-refractivity contribution in [2.45, 2.75) is 0 Å². The molecule has 0 saturated carbocycles. The van der Waals surface area contributed by atoms with E-state index in [0.717, 1.165) is 38.3 Å². The average molecular weight is 720 g/mol.